The lowest BCUT2D eigenvalue weighted by molar-refractivity contribution is -0.120. The van der Waals surface area contributed by atoms with Gasteiger partial charge in [0.05, 0.1) is 5.69 Å². The summed E-state index contributed by atoms with van der Waals surface area (Å²) in [7, 11) is 0. The van der Waals surface area contributed by atoms with E-state index in [0.29, 0.717) is 16.9 Å². The van der Waals surface area contributed by atoms with Crippen LogP contribution < -0.4 is 15.5 Å². The number of nitrogens with one attached hydrogen (secondary N) is 2. The Balaban J connectivity index is 1.48. The zero-order valence-electron chi connectivity index (χ0n) is 18.2. The average molecular weight is 460 g/mol. The highest BCUT2D eigenvalue weighted by Crippen LogP contribution is 2.30. The van der Waals surface area contributed by atoms with Crippen molar-refractivity contribution in [2.45, 2.75) is 20.3 Å². The molecule has 0 bridgehead atoms. The van der Waals surface area contributed by atoms with Crippen molar-refractivity contribution in [3.63, 3.8) is 0 Å². The normalized spacial score (nSPS) is 13.5. The number of halogens is 1. The molecule has 0 atom stereocenters. The third kappa shape index (κ3) is 4.52. The summed E-state index contributed by atoms with van der Waals surface area (Å²) in [5.41, 5.74) is 4.27. The van der Waals surface area contributed by atoms with Crippen LogP contribution in [0.5, 0.6) is 0 Å². The van der Waals surface area contributed by atoms with E-state index in [1.807, 2.05) is 50.2 Å². The van der Waals surface area contributed by atoms with Crippen LogP contribution in [0.1, 0.15) is 28.4 Å². The molecule has 0 aromatic heterocycles. The molecule has 1 aliphatic heterocycles. The molecule has 4 rings (SSSR count). The Morgan fingerprint density at radius 3 is 2.24 bits per heavy atom. The number of carbonyl (C=O) groups excluding carboxylic acids is 3. The van der Waals surface area contributed by atoms with Gasteiger partial charge in [0.2, 0.25) is 0 Å². The first-order valence-corrected chi connectivity index (χ1v) is 10.9. The smallest absolute Gasteiger partial charge is 0.283 e. The van der Waals surface area contributed by atoms with Gasteiger partial charge in [-0.05, 0) is 61.4 Å². The van der Waals surface area contributed by atoms with E-state index in [1.54, 1.807) is 36.4 Å². The number of rotatable bonds is 6. The Morgan fingerprint density at radius 1 is 0.909 bits per heavy atom. The van der Waals surface area contributed by atoms with Crippen molar-refractivity contribution in [2.24, 2.45) is 0 Å². The van der Waals surface area contributed by atoms with E-state index in [9.17, 15) is 14.4 Å². The Labute approximate surface area is 196 Å². The standard InChI is InChI=1S/C26H22ClN3O3/c1-3-17-6-4-5-7-21(17)29-24(31)18-10-12-19(13-11-18)28-23-22(27)25(32)30(26(23)33)20-14-8-16(2)9-15-20/h4-15,28H,3H2,1-2H3,(H,29,31). The Bertz CT molecular complexity index is 1260. The van der Waals surface area contributed by atoms with Crippen LogP contribution in [-0.4, -0.2) is 17.7 Å². The lowest BCUT2D eigenvalue weighted by Gasteiger charge is -2.15. The topological polar surface area (TPSA) is 78.5 Å². The summed E-state index contributed by atoms with van der Waals surface area (Å²) in [6.07, 6.45) is 0.807. The van der Waals surface area contributed by atoms with Gasteiger partial charge in [-0.2, -0.15) is 0 Å². The number of imide groups is 1. The van der Waals surface area contributed by atoms with Crippen molar-refractivity contribution in [1.29, 1.82) is 0 Å². The molecule has 166 valence electrons. The van der Waals surface area contributed by atoms with Crippen LogP contribution in [0.3, 0.4) is 0 Å². The molecule has 2 N–H and O–H groups in total. The van der Waals surface area contributed by atoms with Crippen LogP contribution >= 0.6 is 11.6 Å². The summed E-state index contributed by atoms with van der Waals surface area (Å²) in [5.74, 6) is -1.36. The second kappa shape index (κ2) is 9.30. The number of aryl methyl sites for hydroxylation is 2. The van der Waals surface area contributed by atoms with Crippen molar-refractivity contribution >= 4 is 46.4 Å². The monoisotopic (exact) mass is 459 g/mol. The first kappa shape index (κ1) is 22.3. The molecule has 0 fully saturated rings. The van der Waals surface area contributed by atoms with E-state index < -0.39 is 11.8 Å². The second-order valence-electron chi connectivity index (χ2n) is 7.64. The molecular weight excluding hydrogens is 438 g/mol. The van der Waals surface area contributed by atoms with Gasteiger partial charge in [-0.25, -0.2) is 4.90 Å². The van der Waals surface area contributed by atoms with Crippen LogP contribution in [0.2, 0.25) is 0 Å². The van der Waals surface area contributed by atoms with Gasteiger partial charge in [0.1, 0.15) is 10.7 Å². The van der Waals surface area contributed by atoms with Crippen LogP contribution in [0.25, 0.3) is 0 Å². The molecule has 7 heteroatoms. The van der Waals surface area contributed by atoms with Gasteiger partial charge < -0.3 is 10.6 Å². The van der Waals surface area contributed by atoms with E-state index in [1.165, 1.54) is 0 Å². The summed E-state index contributed by atoms with van der Waals surface area (Å²) in [5, 5.41) is 5.66. The lowest BCUT2D eigenvalue weighted by atomic mass is 10.1. The van der Waals surface area contributed by atoms with Gasteiger partial charge in [0, 0.05) is 16.9 Å². The van der Waals surface area contributed by atoms with E-state index in [4.69, 9.17) is 11.6 Å². The maximum absolute atomic E-state index is 12.9. The zero-order valence-corrected chi connectivity index (χ0v) is 18.9. The molecule has 0 spiro atoms. The van der Waals surface area contributed by atoms with Crippen LogP contribution in [0.15, 0.2) is 83.5 Å². The Hall–Kier alpha value is -3.90. The van der Waals surface area contributed by atoms with Crippen LogP contribution in [0.4, 0.5) is 17.1 Å². The van der Waals surface area contributed by atoms with Crippen molar-refractivity contribution in [3.8, 4) is 0 Å². The molecule has 1 heterocycles. The first-order valence-electron chi connectivity index (χ1n) is 10.5. The van der Waals surface area contributed by atoms with E-state index in [0.717, 1.165) is 28.1 Å². The summed E-state index contributed by atoms with van der Waals surface area (Å²) >= 11 is 6.19. The SMILES string of the molecule is CCc1ccccc1NC(=O)c1ccc(NC2=C(Cl)C(=O)N(c3ccc(C)cc3)C2=O)cc1. The highest BCUT2D eigenvalue weighted by Gasteiger charge is 2.38. The predicted molar refractivity (Wildman–Crippen MR) is 130 cm³/mol. The average Bonchev–Trinajstić information content (AvgIpc) is 3.03. The number of nitrogens with zero attached hydrogens (tertiary/aromatic N) is 1. The molecule has 6 nitrogen and oxygen atoms in total. The predicted octanol–water partition coefficient (Wildman–Crippen LogP) is 5.25. The van der Waals surface area contributed by atoms with E-state index in [2.05, 4.69) is 10.6 Å². The maximum atomic E-state index is 12.9. The van der Waals surface area contributed by atoms with Crippen LogP contribution in [-0.2, 0) is 16.0 Å². The molecule has 0 saturated heterocycles. The number of carbonyl (C=O) groups is 3. The fraction of sp³-hybridized carbons (Fsp3) is 0.115. The van der Waals surface area contributed by atoms with Gasteiger partial charge in [-0.15, -0.1) is 0 Å². The first-order chi connectivity index (χ1) is 15.9. The van der Waals surface area contributed by atoms with Crippen molar-refractivity contribution < 1.29 is 14.4 Å². The number of amides is 3. The largest absolute Gasteiger partial charge is 0.350 e. The quantitative estimate of drug-likeness (QED) is 0.494. The molecule has 0 aliphatic carbocycles. The molecule has 0 radical (unpaired) electrons. The number of anilines is 3. The Kier molecular flexibility index (Phi) is 6.29. The van der Waals surface area contributed by atoms with Gasteiger partial charge in [-0.3, -0.25) is 14.4 Å². The lowest BCUT2D eigenvalue weighted by Crippen LogP contribution is -2.32. The van der Waals surface area contributed by atoms with Gasteiger partial charge in [0.25, 0.3) is 17.7 Å². The zero-order chi connectivity index (χ0) is 23.5. The minimum atomic E-state index is -0.585. The van der Waals surface area contributed by atoms with Crippen molar-refractivity contribution in [1.82, 2.24) is 0 Å². The summed E-state index contributed by atoms with van der Waals surface area (Å²) < 4.78 is 0. The van der Waals surface area contributed by atoms with Crippen molar-refractivity contribution in [2.75, 3.05) is 15.5 Å². The third-order valence-electron chi connectivity index (χ3n) is 5.38. The van der Waals surface area contributed by atoms with Crippen molar-refractivity contribution in [3.05, 3.63) is 100 Å². The summed E-state index contributed by atoms with van der Waals surface area (Å²) in [6.45, 7) is 3.95. The molecule has 3 aromatic carbocycles. The van der Waals surface area contributed by atoms with E-state index in [-0.39, 0.29) is 16.6 Å². The molecule has 3 aromatic rings. The second-order valence-corrected chi connectivity index (χ2v) is 8.02. The summed E-state index contributed by atoms with van der Waals surface area (Å²) in [6, 6.07) is 21.3. The maximum Gasteiger partial charge on any atom is 0.283 e. The molecule has 33 heavy (non-hydrogen) atoms. The minimum absolute atomic E-state index is 0.00341. The number of para-hydroxylation sites is 1. The molecule has 0 unspecified atom stereocenters. The summed E-state index contributed by atoms with van der Waals surface area (Å²) in [4.78, 5) is 39.2. The molecule has 0 saturated carbocycles. The van der Waals surface area contributed by atoms with Gasteiger partial charge in [-0.1, -0.05) is 54.4 Å². The minimum Gasteiger partial charge on any atom is -0.350 e. The fourth-order valence-corrected chi connectivity index (χ4v) is 3.75. The Morgan fingerprint density at radius 2 is 1.58 bits per heavy atom. The third-order valence-corrected chi connectivity index (χ3v) is 5.73. The van der Waals surface area contributed by atoms with E-state index >= 15 is 0 Å². The highest BCUT2D eigenvalue weighted by molar-refractivity contribution is 6.53. The number of hydrogen-bond donors (Lipinski definition) is 2. The van der Waals surface area contributed by atoms with Crippen LogP contribution in [0, 0.1) is 6.92 Å². The number of hydrogen-bond acceptors (Lipinski definition) is 4. The highest BCUT2D eigenvalue weighted by atomic mass is 35.5. The van der Waals surface area contributed by atoms with Gasteiger partial charge >= 0.3 is 0 Å². The number of benzene rings is 3. The van der Waals surface area contributed by atoms with Gasteiger partial charge in [0.15, 0.2) is 0 Å². The molecule has 1 aliphatic rings. The molecular formula is C26H22ClN3O3. The molecule has 3 amide bonds. The fourth-order valence-electron chi connectivity index (χ4n) is 3.53.